The summed E-state index contributed by atoms with van der Waals surface area (Å²) >= 11 is 2.17. The van der Waals surface area contributed by atoms with Gasteiger partial charge in [-0.2, -0.15) is 0 Å². The predicted molar refractivity (Wildman–Crippen MR) is 312 cm³/mol. The van der Waals surface area contributed by atoms with Crippen molar-refractivity contribution >= 4 is 86.6 Å². The molecule has 4 aliphatic rings. The molecule has 2 aromatic carbocycles. The number of aromatic nitrogens is 3. The molecule has 4 aromatic rings. The number of amides is 2. The Balaban J connectivity index is 0.645. The van der Waals surface area contributed by atoms with Crippen molar-refractivity contribution in [3.63, 3.8) is 0 Å². The van der Waals surface area contributed by atoms with E-state index >= 15 is 0 Å². The Morgan fingerprint density at radius 2 is 1.27 bits per heavy atom. The minimum Gasteiger partial charge on any atom is -0.370 e. The first-order valence-electron chi connectivity index (χ1n) is 28.9. The minimum absolute atomic E-state index is 0.0154. The first kappa shape index (κ1) is 64.7. The first-order valence-corrected chi connectivity index (χ1v) is 33.3. The zero-order valence-electron chi connectivity index (χ0n) is 47.9. The Morgan fingerprint density at radius 1 is 0.714 bits per heavy atom. The average molecular weight is 1300 g/mol. The summed E-state index contributed by atoms with van der Waals surface area (Å²) in [5.74, 6) is -1.19. The van der Waals surface area contributed by atoms with Gasteiger partial charge in [0.05, 0.1) is 81.7 Å². The summed E-state index contributed by atoms with van der Waals surface area (Å²) in [6, 6.07) is 10.6. The third-order valence-electron chi connectivity index (χ3n) is 14.5. The molecule has 8 rings (SSSR count). The number of aromatic amines is 1. The number of carbonyl (C=O) groups excluding carboxylic acids is 5. The molecule has 4 saturated heterocycles. The predicted octanol–water partition coefficient (Wildman–Crippen LogP) is 1.69. The SMILES string of the molecule is Cc1cc(F)cc(-c2cnc(NCCCNC(=O)CCOCCOCCOCCOCCOCCNC(=O)CN3CCN4CCN5CCN(CC3)CC(=O)[O][In]([O]C(=O)C4)[O]C(=O)C5)c(-c3nc4ccc(Cl)cc4[nH]3)c2N2CCC(N)CC2)c1. The number of aryl methyl sites for hydroxylation is 1. The van der Waals surface area contributed by atoms with E-state index in [1.54, 1.807) is 12.3 Å². The monoisotopic (exact) mass is 1300 g/mol. The van der Waals surface area contributed by atoms with Crippen LogP contribution in [0.3, 0.4) is 0 Å². The Labute approximate surface area is 503 Å². The molecule has 4 aliphatic heterocycles. The summed E-state index contributed by atoms with van der Waals surface area (Å²) in [5.41, 5.74) is 11.8. The molecule has 2 aromatic heterocycles. The second kappa shape index (κ2) is 34.1. The number of fused-ring (bicyclic) bond motifs is 8. The second-order valence-electron chi connectivity index (χ2n) is 21.0. The molecule has 2 atom stereocenters. The van der Waals surface area contributed by atoms with E-state index in [4.69, 9.17) is 59.6 Å². The zero-order valence-corrected chi connectivity index (χ0v) is 51.9. The van der Waals surface area contributed by atoms with Crippen molar-refractivity contribution in [2.45, 2.75) is 38.6 Å². The van der Waals surface area contributed by atoms with Crippen LogP contribution in [0.15, 0.2) is 42.6 Å². The van der Waals surface area contributed by atoms with Gasteiger partial charge in [-0.25, -0.2) is 14.4 Å². The van der Waals surface area contributed by atoms with Crippen molar-refractivity contribution in [2.24, 2.45) is 5.73 Å². The minimum atomic E-state index is -4.20. The van der Waals surface area contributed by atoms with Crippen LogP contribution in [0.5, 0.6) is 0 Å². The van der Waals surface area contributed by atoms with Crippen molar-refractivity contribution in [3.8, 4) is 22.5 Å². The zero-order chi connectivity index (χ0) is 59.0. The summed E-state index contributed by atoms with van der Waals surface area (Å²) in [4.78, 5) is 87.3. The number of ether oxygens (including phenoxy) is 5. The number of hydrogen-bond donors (Lipinski definition) is 5. The third kappa shape index (κ3) is 21.3. The standard InChI is InChI=1S/C56H82ClFN12O13.In/c1-40-31-41(33-43(58)32-40)45-35-63-55(53(54(45)70-11-5-44(59)6-12-70)56-64-46-4-3-42(57)34-47(46)65-56)62-9-2-8-60-48(71)7-21-79-23-25-81-27-29-83-30-28-82-26-24-80-22-10-61-49(72)36-66-13-15-67(37-50(73)74)17-19-69(39-52(77)78)20-18-68(16-14-66)38-51(75)76;/h3-4,31-35,44H,2,5-30,36-39,59H2,1H3,(H,60,71)(H,61,72)(H,62,63)(H,64,65)(H,73,74)(H,75,76)(H,77,78);/q;+3/p-3. The van der Waals surface area contributed by atoms with Gasteiger partial charge in [0.2, 0.25) is 5.91 Å². The number of nitrogens with zero attached hydrogens (tertiary/aromatic N) is 7. The molecule has 28 heteroatoms. The van der Waals surface area contributed by atoms with Crippen molar-refractivity contribution in [1.29, 1.82) is 0 Å². The van der Waals surface area contributed by atoms with Crippen molar-refractivity contribution in [1.82, 2.24) is 45.2 Å². The molecule has 25 nitrogen and oxygen atoms in total. The summed E-state index contributed by atoms with van der Waals surface area (Å²) < 4.78 is 59.2. The van der Waals surface area contributed by atoms with Crippen LogP contribution in [0.1, 0.15) is 31.2 Å². The molecule has 4 fully saturated rings. The van der Waals surface area contributed by atoms with Crippen LogP contribution in [0, 0.1) is 12.7 Å². The molecular weight excluding hydrogens is 1220 g/mol. The van der Waals surface area contributed by atoms with Crippen LogP contribution in [0.4, 0.5) is 15.9 Å². The number of nitrogens with one attached hydrogen (secondary N) is 4. The summed E-state index contributed by atoms with van der Waals surface area (Å²) in [6.45, 7) is 12.1. The summed E-state index contributed by atoms with van der Waals surface area (Å²) in [5, 5.41) is 9.95. The maximum absolute atomic E-state index is 14.9. The number of benzene rings is 2. The fourth-order valence-electron chi connectivity index (χ4n) is 10.1. The van der Waals surface area contributed by atoms with Gasteiger partial charge in [-0.15, -0.1) is 0 Å². The van der Waals surface area contributed by atoms with E-state index in [1.807, 2.05) is 44.7 Å². The smallest absolute Gasteiger partial charge is 0.144 e. The van der Waals surface area contributed by atoms with Crippen LogP contribution in [0.25, 0.3) is 33.5 Å². The van der Waals surface area contributed by atoms with E-state index in [-0.39, 0.29) is 62.9 Å². The first-order chi connectivity index (χ1) is 40.8. The van der Waals surface area contributed by atoms with Crippen molar-refractivity contribution < 1.29 is 60.6 Å². The summed E-state index contributed by atoms with van der Waals surface area (Å²) in [6.07, 6.45) is 4.21. The van der Waals surface area contributed by atoms with Crippen LogP contribution >= 0.6 is 11.6 Å². The van der Waals surface area contributed by atoms with Gasteiger partial charge in [0.1, 0.15) is 17.5 Å². The van der Waals surface area contributed by atoms with Gasteiger partial charge in [-0.3, -0.25) is 4.79 Å². The number of nitrogens with two attached hydrogens (primary N) is 1. The van der Waals surface area contributed by atoms with Gasteiger partial charge < -0.3 is 49.9 Å². The average Bonchev–Trinajstić information content (AvgIpc) is 3.52. The van der Waals surface area contributed by atoms with Gasteiger partial charge in [-0.05, 0) is 67.6 Å². The van der Waals surface area contributed by atoms with Gasteiger partial charge in [0.25, 0.3) is 0 Å². The number of pyridine rings is 1. The van der Waals surface area contributed by atoms with Crippen LogP contribution in [-0.2, 0) is 56.2 Å². The maximum Gasteiger partial charge on any atom is 0.144 e. The molecule has 0 spiro atoms. The number of hydrogen-bond acceptors (Lipinski definition) is 22. The molecule has 2 amide bonds. The van der Waals surface area contributed by atoms with E-state index in [1.165, 1.54) is 12.1 Å². The van der Waals surface area contributed by atoms with Gasteiger partial charge >= 0.3 is 191 Å². The van der Waals surface area contributed by atoms with Crippen LogP contribution < -0.4 is 26.6 Å². The molecule has 6 heterocycles. The Kier molecular flexibility index (Phi) is 26.3. The molecule has 458 valence electrons. The fraction of sp³-hybridized carbons (Fsp3) is 0.589. The van der Waals surface area contributed by atoms with Gasteiger partial charge in [0.15, 0.2) is 0 Å². The quantitative estimate of drug-likeness (QED) is 0.0506. The van der Waals surface area contributed by atoms with E-state index in [2.05, 4.69) is 25.8 Å². The van der Waals surface area contributed by atoms with Crippen molar-refractivity contribution in [2.75, 3.05) is 188 Å². The molecule has 2 unspecified atom stereocenters. The van der Waals surface area contributed by atoms with Crippen LogP contribution in [0.2, 0.25) is 5.02 Å². The number of carbonyl (C=O) groups is 5. The normalized spacial score (nSPS) is 19.4. The number of halogens is 2. The van der Waals surface area contributed by atoms with E-state index in [0.717, 1.165) is 46.3 Å². The third-order valence-corrected chi connectivity index (χ3v) is 18.6. The van der Waals surface area contributed by atoms with E-state index in [9.17, 15) is 28.4 Å². The van der Waals surface area contributed by atoms with Gasteiger partial charge in [-0.1, -0.05) is 17.7 Å². The molecule has 0 saturated carbocycles. The Bertz CT molecular complexity index is 2740. The molecule has 4 bridgehead atoms. The number of piperidine rings is 1. The molecule has 6 N–H and O–H groups in total. The summed E-state index contributed by atoms with van der Waals surface area (Å²) in [7, 11) is 0. The molecular formula is C56H79ClFInN12O13. The van der Waals surface area contributed by atoms with Crippen molar-refractivity contribution in [3.05, 3.63) is 59.0 Å². The van der Waals surface area contributed by atoms with Gasteiger partial charge in [0, 0.05) is 55.4 Å². The largest absolute Gasteiger partial charge is 0.370 e. The second-order valence-corrected chi connectivity index (χ2v) is 25.1. The van der Waals surface area contributed by atoms with Crippen LogP contribution in [-0.4, -0.2) is 270 Å². The Hall–Kier alpha value is -5.30. The van der Waals surface area contributed by atoms with E-state index in [0.29, 0.717) is 173 Å². The maximum atomic E-state index is 14.9. The molecule has 84 heavy (non-hydrogen) atoms. The number of rotatable bonds is 28. The number of anilines is 2. The fourth-order valence-corrected chi connectivity index (χ4v) is 13.1. The molecule has 0 aliphatic carbocycles. The number of H-pyrrole nitrogens is 1. The topological polar surface area (TPSA) is 279 Å². The molecule has 0 radical (unpaired) electrons. The van der Waals surface area contributed by atoms with E-state index < -0.39 is 40.7 Å². The number of imidazole rings is 1. The Morgan fingerprint density at radius 3 is 1.87 bits per heavy atom.